The number of benzene rings is 3. The van der Waals surface area contributed by atoms with Crippen LogP contribution in [0.3, 0.4) is 0 Å². The van der Waals surface area contributed by atoms with Crippen molar-refractivity contribution in [2.24, 2.45) is 4.99 Å². The highest BCUT2D eigenvalue weighted by Crippen LogP contribution is 2.38. The van der Waals surface area contributed by atoms with Crippen LogP contribution >= 0.6 is 11.3 Å². The van der Waals surface area contributed by atoms with Crippen LogP contribution in [-0.4, -0.2) is 28.5 Å². The van der Waals surface area contributed by atoms with E-state index in [1.807, 2.05) is 42.6 Å². The fourth-order valence-corrected chi connectivity index (χ4v) is 6.68. The summed E-state index contributed by atoms with van der Waals surface area (Å²) in [5.74, 6) is 0.347. The van der Waals surface area contributed by atoms with Gasteiger partial charge in [-0.15, -0.1) is 0 Å². The standard InChI is InChI=1S/C33H26FN3O5S/c1-3-40-32(39)29-19(2)35-33-37(30(29)21-10-13-26-27(14-21)42-18-41-26)31(38)28(43-33)15-22-17-36(25-7-5-4-6-24(22)25)16-20-8-11-23(34)12-9-20/h4-15,17,30H,3,16,18H2,1-2H3/b28-15+/t30-/m1/s1. The number of carbonyl (C=O) groups excluding carboxylic acids is 1. The molecule has 0 bridgehead atoms. The quantitative estimate of drug-likeness (QED) is 0.267. The molecule has 0 amide bonds. The Morgan fingerprint density at radius 2 is 1.91 bits per heavy atom. The molecule has 2 aliphatic rings. The molecular formula is C33H26FN3O5S. The minimum atomic E-state index is -0.758. The highest BCUT2D eigenvalue weighted by Gasteiger charge is 2.34. The first-order valence-corrected chi connectivity index (χ1v) is 14.6. The summed E-state index contributed by atoms with van der Waals surface area (Å²) in [4.78, 5) is 32.5. The molecule has 5 aromatic rings. The van der Waals surface area contributed by atoms with E-state index in [1.165, 1.54) is 23.5 Å². The predicted octanol–water partition coefficient (Wildman–Crippen LogP) is 4.67. The summed E-state index contributed by atoms with van der Waals surface area (Å²) in [5.41, 5.74) is 4.02. The maximum Gasteiger partial charge on any atom is 0.338 e. The molecule has 7 rings (SSSR count). The van der Waals surface area contributed by atoms with Crippen molar-refractivity contribution in [1.82, 2.24) is 9.13 Å². The number of esters is 1. The number of halogens is 1. The number of aromatic nitrogens is 2. The Balaban J connectivity index is 1.38. The normalized spacial score (nSPS) is 16.0. The van der Waals surface area contributed by atoms with Crippen LogP contribution in [0, 0.1) is 5.82 Å². The molecule has 8 nitrogen and oxygen atoms in total. The van der Waals surface area contributed by atoms with Crippen molar-refractivity contribution in [2.45, 2.75) is 26.4 Å². The van der Waals surface area contributed by atoms with Gasteiger partial charge in [0.15, 0.2) is 16.3 Å². The molecule has 1 atom stereocenters. The Hall–Kier alpha value is -4.96. The molecule has 0 spiro atoms. The van der Waals surface area contributed by atoms with Crippen LogP contribution in [0.15, 0.2) is 94.0 Å². The number of allylic oxidation sites excluding steroid dienone is 1. The molecule has 3 aromatic carbocycles. The van der Waals surface area contributed by atoms with Crippen LogP contribution < -0.4 is 24.4 Å². The Morgan fingerprint density at radius 1 is 1.12 bits per heavy atom. The van der Waals surface area contributed by atoms with Gasteiger partial charge in [-0.05, 0) is 61.4 Å². The summed E-state index contributed by atoms with van der Waals surface area (Å²) in [6.07, 6.45) is 3.87. The highest BCUT2D eigenvalue weighted by molar-refractivity contribution is 7.07. The topological polar surface area (TPSA) is 84.1 Å². The molecule has 0 aliphatic carbocycles. The molecule has 43 heavy (non-hydrogen) atoms. The average Bonchev–Trinajstić information content (AvgIpc) is 3.69. The number of rotatable bonds is 6. The number of ether oxygens (including phenoxy) is 3. The fraction of sp³-hybridized carbons (Fsp3) is 0.182. The SMILES string of the molecule is CCOC(=O)C1=C(C)N=c2s/c(=C/c3cn(Cc4ccc(F)cc4)c4ccccc34)c(=O)n2[C@@H]1c1ccc2c(c1)OCO2. The zero-order valence-corrected chi connectivity index (χ0v) is 24.2. The second-order valence-corrected chi connectivity index (χ2v) is 11.3. The lowest BCUT2D eigenvalue weighted by molar-refractivity contribution is -0.139. The smallest absolute Gasteiger partial charge is 0.338 e. The fourth-order valence-electron chi connectivity index (χ4n) is 5.64. The van der Waals surface area contributed by atoms with Crippen molar-refractivity contribution < 1.29 is 23.4 Å². The monoisotopic (exact) mass is 595 g/mol. The molecule has 0 fully saturated rings. The minimum absolute atomic E-state index is 0.107. The summed E-state index contributed by atoms with van der Waals surface area (Å²) in [6.45, 7) is 4.34. The van der Waals surface area contributed by atoms with E-state index in [9.17, 15) is 14.0 Å². The summed E-state index contributed by atoms with van der Waals surface area (Å²) in [6, 6.07) is 19.0. The maximum atomic E-state index is 14.1. The van der Waals surface area contributed by atoms with Gasteiger partial charge in [0.25, 0.3) is 5.56 Å². The third kappa shape index (κ3) is 4.73. The number of fused-ring (bicyclic) bond motifs is 3. The zero-order chi connectivity index (χ0) is 29.7. The summed E-state index contributed by atoms with van der Waals surface area (Å²) in [7, 11) is 0. The molecule has 0 saturated carbocycles. The van der Waals surface area contributed by atoms with Crippen molar-refractivity contribution in [3.05, 3.63) is 126 Å². The second-order valence-electron chi connectivity index (χ2n) is 10.3. The van der Waals surface area contributed by atoms with Gasteiger partial charge in [-0.3, -0.25) is 9.36 Å². The molecule has 0 unspecified atom stereocenters. The zero-order valence-electron chi connectivity index (χ0n) is 23.4. The van der Waals surface area contributed by atoms with Crippen molar-refractivity contribution in [1.29, 1.82) is 0 Å². The van der Waals surface area contributed by atoms with Gasteiger partial charge in [0.05, 0.1) is 28.5 Å². The van der Waals surface area contributed by atoms with E-state index in [0.717, 1.165) is 22.0 Å². The molecule has 0 radical (unpaired) electrons. The van der Waals surface area contributed by atoms with Gasteiger partial charge in [-0.2, -0.15) is 0 Å². The number of hydrogen-bond donors (Lipinski definition) is 0. The predicted molar refractivity (Wildman–Crippen MR) is 160 cm³/mol. The van der Waals surface area contributed by atoms with Crippen LogP contribution in [0.5, 0.6) is 11.5 Å². The van der Waals surface area contributed by atoms with Crippen LogP contribution in [0.4, 0.5) is 4.39 Å². The molecule has 10 heteroatoms. The van der Waals surface area contributed by atoms with E-state index in [4.69, 9.17) is 14.2 Å². The Kier molecular flexibility index (Phi) is 6.70. The largest absolute Gasteiger partial charge is 0.463 e. The third-order valence-electron chi connectivity index (χ3n) is 7.60. The lowest BCUT2D eigenvalue weighted by Crippen LogP contribution is -2.39. The molecule has 0 N–H and O–H groups in total. The van der Waals surface area contributed by atoms with Gasteiger partial charge in [0, 0.05) is 29.2 Å². The molecule has 2 aliphatic heterocycles. The average molecular weight is 596 g/mol. The summed E-state index contributed by atoms with van der Waals surface area (Å²) < 4.78 is 34.1. The van der Waals surface area contributed by atoms with E-state index < -0.39 is 12.0 Å². The lowest BCUT2D eigenvalue weighted by atomic mass is 9.95. The van der Waals surface area contributed by atoms with Gasteiger partial charge in [-0.25, -0.2) is 14.2 Å². The van der Waals surface area contributed by atoms with E-state index in [2.05, 4.69) is 9.56 Å². The van der Waals surface area contributed by atoms with Crippen LogP contribution in [0.25, 0.3) is 17.0 Å². The summed E-state index contributed by atoms with van der Waals surface area (Å²) >= 11 is 1.27. The van der Waals surface area contributed by atoms with Gasteiger partial charge >= 0.3 is 5.97 Å². The number of nitrogens with zero attached hydrogens (tertiary/aromatic N) is 3. The Morgan fingerprint density at radius 3 is 2.72 bits per heavy atom. The Bertz CT molecular complexity index is 2120. The highest BCUT2D eigenvalue weighted by atomic mass is 32.1. The molecular weight excluding hydrogens is 569 g/mol. The molecule has 4 heterocycles. The summed E-state index contributed by atoms with van der Waals surface area (Å²) in [5, 5.41) is 0.978. The molecule has 2 aromatic heterocycles. The first-order chi connectivity index (χ1) is 20.9. The Labute approximate surface area is 249 Å². The van der Waals surface area contributed by atoms with Crippen molar-refractivity contribution in [3.63, 3.8) is 0 Å². The van der Waals surface area contributed by atoms with Gasteiger partial charge in [-0.1, -0.05) is 47.7 Å². The van der Waals surface area contributed by atoms with E-state index in [0.29, 0.717) is 44.2 Å². The minimum Gasteiger partial charge on any atom is -0.463 e. The second kappa shape index (κ2) is 10.7. The van der Waals surface area contributed by atoms with Crippen molar-refractivity contribution in [3.8, 4) is 11.5 Å². The van der Waals surface area contributed by atoms with E-state index in [1.54, 1.807) is 42.7 Å². The lowest BCUT2D eigenvalue weighted by Gasteiger charge is -2.24. The first kappa shape index (κ1) is 26.9. The van der Waals surface area contributed by atoms with Gasteiger partial charge in [0.1, 0.15) is 5.82 Å². The maximum absolute atomic E-state index is 14.1. The first-order valence-electron chi connectivity index (χ1n) is 13.8. The number of para-hydroxylation sites is 1. The van der Waals surface area contributed by atoms with Crippen molar-refractivity contribution >= 4 is 34.3 Å². The third-order valence-corrected chi connectivity index (χ3v) is 8.58. The molecule has 216 valence electrons. The van der Waals surface area contributed by atoms with Crippen LogP contribution in [0.2, 0.25) is 0 Å². The van der Waals surface area contributed by atoms with E-state index >= 15 is 0 Å². The number of carbonyl (C=O) groups is 1. The number of thiazole rings is 1. The van der Waals surface area contributed by atoms with E-state index in [-0.39, 0.29) is 24.8 Å². The molecule has 0 saturated heterocycles. The van der Waals surface area contributed by atoms with Gasteiger partial charge < -0.3 is 18.8 Å². The van der Waals surface area contributed by atoms with Crippen LogP contribution in [-0.2, 0) is 16.1 Å². The van der Waals surface area contributed by atoms with Crippen LogP contribution in [0.1, 0.15) is 36.6 Å². The van der Waals surface area contributed by atoms with Crippen molar-refractivity contribution in [2.75, 3.05) is 13.4 Å². The van der Waals surface area contributed by atoms with Gasteiger partial charge in [0.2, 0.25) is 6.79 Å². The number of hydrogen-bond acceptors (Lipinski definition) is 7.